The molecule has 0 atom stereocenters. The van der Waals surface area contributed by atoms with Crippen molar-refractivity contribution in [3.05, 3.63) is 11.9 Å². The Morgan fingerprint density at radius 3 is 2.84 bits per heavy atom. The molecule has 0 aliphatic heterocycles. The molecule has 1 heterocycles. The Kier molecular flexibility index (Phi) is 6.73. The lowest BCUT2D eigenvalue weighted by atomic mass is 10.2. The van der Waals surface area contributed by atoms with Crippen LogP contribution in [0.3, 0.4) is 0 Å². The molecule has 0 bridgehead atoms. The minimum Gasteiger partial charge on any atom is -0.356 e. The molecule has 0 radical (unpaired) electrons. The lowest BCUT2D eigenvalue weighted by Gasteiger charge is -2.04. The Balaban J connectivity index is 2.12. The van der Waals surface area contributed by atoms with Crippen LogP contribution >= 0.6 is 0 Å². The normalized spacial score (nSPS) is 10.4. The van der Waals surface area contributed by atoms with Crippen molar-refractivity contribution < 1.29 is 9.59 Å². The third-order valence-corrected chi connectivity index (χ3v) is 2.53. The first-order chi connectivity index (χ1) is 9.11. The molecule has 0 spiro atoms. The van der Waals surface area contributed by atoms with Gasteiger partial charge < -0.3 is 15.4 Å². The number of rotatable bonds is 9. The van der Waals surface area contributed by atoms with Crippen molar-refractivity contribution in [2.24, 2.45) is 0 Å². The summed E-state index contributed by atoms with van der Waals surface area (Å²) in [5, 5.41) is 13.8. The Bertz CT molecular complexity index is 416. The third-order valence-electron chi connectivity index (χ3n) is 2.53. The summed E-state index contributed by atoms with van der Waals surface area (Å²) in [6, 6.07) is 0. The number of ketones is 1. The van der Waals surface area contributed by atoms with Crippen LogP contribution in [-0.4, -0.2) is 40.3 Å². The van der Waals surface area contributed by atoms with Crippen molar-refractivity contribution in [2.45, 2.75) is 39.3 Å². The number of nitrogens with zero attached hydrogens (tertiary/aromatic N) is 3. The summed E-state index contributed by atoms with van der Waals surface area (Å²) < 4.78 is 1.76. The van der Waals surface area contributed by atoms with Gasteiger partial charge in [-0.25, -0.2) is 0 Å². The summed E-state index contributed by atoms with van der Waals surface area (Å²) in [6.07, 6.45) is 3.25. The zero-order valence-electron chi connectivity index (χ0n) is 11.5. The maximum absolute atomic E-state index is 11.3. The van der Waals surface area contributed by atoms with Crippen molar-refractivity contribution >= 4 is 11.7 Å². The van der Waals surface area contributed by atoms with Crippen LogP contribution < -0.4 is 10.6 Å². The van der Waals surface area contributed by atoms with Crippen LogP contribution in [0.1, 0.15) is 31.9 Å². The molecule has 106 valence electrons. The molecule has 1 aromatic rings. The minimum absolute atomic E-state index is 0.0369. The van der Waals surface area contributed by atoms with Gasteiger partial charge in [-0.3, -0.25) is 9.48 Å². The van der Waals surface area contributed by atoms with E-state index in [0.29, 0.717) is 26.1 Å². The van der Waals surface area contributed by atoms with Gasteiger partial charge in [0.15, 0.2) is 0 Å². The van der Waals surface area contributed by atoms with Crippen molar-refractivity contribution in [1.29, 1.82) is 0 Å². The van der Waals surface area contributed by atoms with Gasteiger partial charge in [0.1, 0.15) is 5.78 Å². The molecule has 7 heteroatoms. The van der Waals surface area contributed by atoms with Gasteiger partial charge in [0.25, 0.3) is 0 Å². The van der Waals surface area contributed by atoms with Crippen molar-refractivity contribution in [2.75, 3.05) is 13.6 Å². The molecular formula is C12H21N5O2. The SMILES string of the molecule is CNCc1cn(CCCNC(=O)CCC(C)=O)nn1. The average molecular weight is 267 g/mol. The van der Waals surface area contributed by atoms with Gasteiger partial charge in [-0.15, -0.1) is 5.10 Å². The molecule has 1 amide bonds. The highest BCUT2D eigenvalue weighted by atomic mass is 16.2. The summed E-state index contributed by atoms with van der Waals surface area (Å²) in [4.78, 5) is 22.1. The number of aryl methyl sites for hydroxylation is 1. The van der Waals surface area contributed by atoms with E-state index in [0.717, 1.165) is 12.1 Å². The quantitative estimate of drug-likeness (QED) is 0.609. The smallest absolute Gasteiger partial charge is 0.220 e. The van der Waals surface area contributed by atoms with Crippen LogP contribution in [0, 0.1) is 0 Å². The largest absolute Gasteiger partial charge is 0.356 e. The highest BCUT2D eigenvalue weighted by Gasteiger charge is 2.03. The second-order valence-corrected chi connectivity index (χ2v) is 4.41. The molecule has 0 aliphatic carbocycles. The number of hydrogen-bond donors (Lipinski definition) is 2. The molecule has 2 N–H and O–H groups in total. The Morgan fingerprint density at radius 1 is 1.37 bits per heavy atom. The number of carbonyl (C=O) groups is 2. The maximum atomic E-state index is 11.3. The molecule has 0 fully saturated rings. The van der Waals surface area contributed by atoms with E-state index >= 15 is 0 Å². The van der Waals surface area contributed by atoms with Crippen LogP contribution in [0.4, 0.5) is 0 Å². The summed E-state index contributed by atoms with van der Waals surface area (Å²) in [7, 11) is 1.86. The number of aromatic nitrogens is 3. The second-order valence-electron chi connectivity index (χ2n) is 4.41. The van der Waals surface area contributed by atoms with Gasteiger partial charge in [0.05, 0.1) is 5.69 Å². The van der Waals surface area contributed by atoms with Crippen molar-refractivity contribution in [3.8, 4) is 0 Å². The summed E-state index contributed by atoms with van der Waals surface area (Å²) in [5.74, 6) is -0.0421. The number of carbonyl (C=O) groups excluding carboxylic acids is 2. The summed E-state index contributed by atoms with van der Waals surface area (Å²) in [5.41, 5.74) is 0.896. The highest BCUT2D eigenvalue weighted by molar-refractivity contribution is 5.83. The number of hydrogen-bond acceptors (Lipinski definition) is 5. The van der Waals surface area contributed by atoms with Gasteiger partial charge in [-0.2, -0.15) is 0 Å². The number of Topliss-reactive ketones (excluding diaryl/α,β-unsaturated/α-hetero) is 1. The van der Waals surface area contributed by atoms with Gasteiger partial charge >= 0.3 is 0 Å². The highest BCUT2D eigenvalue weighted by Crippen LogP contribution is 1.94. The summed E-state index contributed by atoms with van der Waals surface area (Å²) in [6.45, 7) is 3.48. The molecule has 0 saturated heterocycles. The van der Waals surface area contributed by atoms with Crippen LogP contribution in [0.25, 0.3) is 0 Å². The van der Waals surface area contributed by atoms with Gasteiger partial charge in [0, 0.05) is 38.7 Å². The molecular weight excluding hydrogens is 246 g/mol. The first-order valence-corrected chi connectivity index (χ1v) is 6.41. The lowest BCUT2D eigenvalue weighted by Crippen LogP contribution is -2.25. The van der Waals surface area contributed by atoms with E-state index in [1.807, 2.05) is 13.2 Å². The number of nitrogens with one attached hydrogen (secondary N) is 2. The van der Waals surface area contributed by atoms with Crippen LogP contribution in [0.15, 0.2) is 6.20 Å². The van der Waals surface area contributed by atoms with E-state index in [9.17, 15) is 9.59 Å². The Hall–Kier alpha value is -1.76. The van der Waals surface area contributed by atoms with E-state index < -0.39 is 0 Å². The zero-order chi connectivity index (χ0) is 14.1. The van der Waals surface area contributed by atoms with Crippen molar-refractivity contribution in [1.82, 2.24) is 25.6 Å². The first-order valence-electron chi connectivity index (χ1n) is 6.41. The molecule has 0 unspecified atom stereocenters. The van der Waals surface area contributed by atoms with Crippen LogP contribution in [-0.2, 0) is 22.7 Å². The zero-order valence-corrected chi connectivity index (χ0v) is 11.5. The Morgan fingerprint density at radius 2 is 2.16 bits per heavy atom. The van der Waals surface area contributed by atoms with E-state index in [-0.39, 0.29) is 18.1 Å². The van der Waals surface area contributed by atoms with E-state index in [4.69, 9.17) is 0 Å². The predicted molar refractivity (Wildman–Crippen MR) is 70.3 cm³/mol. The maximum Gasteiger partial charge on any atom is 0.220 e. The Labute approximate surface area is 112 Å². The van der Waals surface area contributed by atoms with E-state index in [1.165, 1.54) is 6.92 Å². The molecule has 0 aliphatic rings. The topological polar surface area (TPSA) is 88.9 Å². The van der Waals surface area contributed by atoms with E-state index in [2.05, 4.69) is 20.9 Å². The average Bonchev–Trinajstić information content (AvgIpc) is 2.80. The van der Waals surface area contributed by atoms with E-state index in [1.54, 1.807) is 4.68 Å². The summed E-state index contributed by atoms with van der Waals surface area (Å²) >= 11 is 0. The third kappa shape index (κ3) is 6.66. The van der Waals surface area contributed by atoms with Crippen LogP contribution in [0.2, 0.25) is 0 Å². The van der Waals surface area contributed by atoms with Gasteiger partial charge in [0.2, 0.25) is 5.91 Å². The fourth-order valence-corrected chi connectivity index (χ4v) is 1.56. The molecule has 1 aromatic heterocycles. The van der Waals surface area contributed by atoms with Crippen LogP contribution in [0.5, 0.6) is 0 Å². The molecule has 7 nitrogen and oxygen atoms in total. The first kappa shape index (κ1) is 15.3. The fraction of sp³-hybridized carbons (Fsp3) is 0.667. The minimum atomic E-state index is -0.0790. The number of amides is 1. The van der Waals surface area contributed by atoms with Crippen molar-refractivity contribution in [3.63, 3.8) is 0 Å². The molecule has 0 saturated carbocycles. The molecule has 19 heavy (non-hydrogen) atoms. The van der Waals surface area contributed by atoms with Gasteiger partial charge in [-0.05, 0) is 20.4 Å². The second kappa shape index (κ2) is 8.36. The standard InChI is InChI=1S/C12H21N5O2/c1-10(18)4-5-12(19)14-6-3-7-17-9-11(8-13-2)15-16-17/h9,13H,3-8H2,1-2H3,(H,14,19). The lowest BCUT2D eigenvalue weighted by molar-refractivity contribution is -0.124. The monoisotopic (exact) mass is 267 g/mol. The molecule has 0 aromatic carbocycles. The predicted octanol–water partition coefficient (Wildman–Crippen LogP) is -0.127. The fourth-order valence-electron chi connectivity index (χ4n) is 1.56. The molecule has 1 rings (SSSR count). The van der Waals surface area contributed by atoms with Gasteiger partial charge in [-0.1, -0.05) is 5.21 Å².